The standard InChI is InChI=1S/C10H17NO5/c1-7-2-3-8(16-7)10(14)11-4-5-15-6-9(12)13/h7-8H,2-6H2,1H3,(H,11,14)(H,12,13). The molecular weight excluding hydrogens is 214 g/mol. The van der Waals surface area contributed by atoms with Gasteiger partial charge in [0.1, 0.15) is 12.7 Å². The van der Waals surface area contributed by atoms with Gasteiger partial charge in [0.25, 0.3) is 0 Å². The zero-order chi connectivity index (χ0) is 12.0. The molecular formula is C10H17NO5. The quantitative estimate of drug-likeness (QED) is 0.617. The van der Waals surface area contributed by atoms with Gasteiger partial charge in [0.2, 0.25) is 5.91 Å². The Labute approximate surface area is 93.9 Å². The van der Waals surface area contributed by atoms with Crippen molar-refractivity contribution in [3.05, 3.63) is 0 Å². The highest BCUT2D eigenvalue weighted by Crippen LogP contribution is 2.18. The molecule has 1 aliphatic rings. The van der Waals surface area contributed by atoms with Crippen LogP contribution in [0.15, 0.2) is 0 Å². The van der Waals surface area contributed by atoms with E-state index in [1.807, 2.05) is 6.92 Å². The fourth-order valence-electron chi connectivity index (χ4n) is 1.52. The van der Waals surface area contributed by atoms with Crippen LogP contribution in [0.2, 0.25) is 0 Å². The molecule has 1 rings (SSSR count). The molecule has 1 aliphatic heterocycles. The van der Waals surface area contributed by atoms with Crippen molar-refractivity contribution in [2.24, 2.45) is 0 Å². The zero-order valence-corrected chi connectivity index (χ0v) is 9.27. The Kier molecular flexibility index (Phi) is 5.21. The lowest BCUT2D eigenvalue weighted by Gasteiger charge is -2.11. The number of nitrogens with one attached hydrogen (secondary N) is 1. The van der Waals surface area contributed by atoms with Crippen molar-refractivity contribution >= 4 is 11.9 Å². The molecule has 2 atom stereocenters. The van der Waals surface area contributed by atoms with Crippen LogP contribution in [0.4, 0.5) is 0 Å². The number of amides is 1. The molecule has 1 heterocycles. The number of rotatable bonds is 6. The van der Waals surface area contributed by atoms with Crippen LogP contribution in [-0.2, 0) is 19.1 Å². The second kappa shape index (κ2) is 6.44. The number of aliphatic carboxylic acids is 1. The molecule has 0 spiro atoms. The van der Waals surface area contributed by atoms with Gasteiger partial charge in [-0.2, -0.15) is 0 Å². The third-order valence-corrected chi connectivity index (χ3v) is 2.30. The fraction of sp³-hybridized carbons (Fsp3) is 0.800. The molecule has 1 amide bonds. The molecule has 0 radical (unpaired) electrons. The van der Waals surface area contributed by atoms with Crippen LogP contribution in [-0.4, -0.2) is 48.9 Å². The number of carboxylic acids is 1. The number of hydrogen-bond acceptors (Lipinski definition) is 4. The number of ether oxygens (including phenoxy) is 2. The van der Waals surface area contributed by atoms with Gasteiger partial charge in [-0.3, -0.25) is 4.79 Å². The minimum atomic E-state index is -1.01. The molecule has 0 saturated carbocycles. The lowest BCUT2D eigenvalue weighted by atomic mass is 10.2. The second-order valence-electron chi connectivity index (χ2n) is 3.75. The van der Waals surface area contributed by atoms with Gasteiger partial charge in [-0.05, 0) is 19.8 Å². The van der Waals surface area contributed by atoms with Gasteiger partial charge in [-0.25, -0.2) is 4.79 Å². The van der Waals surface area contributed by atoms with E-state index in [0.29, 0.717) is 6.54 Å². The Hall–Kier alpha value is -1.14. The van der Waals surface area contributed by atoms with Crippen LogP contribution in [0.25, 0.3) is 0 Å². The number of hydrogen-bond donors (Lipinski definition) is 2. The first kappa shape index (κ1) is 12.9. The van der Waals surface area contributed by atoms with Crippen molar-refractivity contribution in [3.63, 3.8) is 0 Å². The monoisotopic (exact) mass is 231 g/mol. The van der Waals surface area contributed by atoms with Gasteiger partial charge in [0.05, 0.1) is 12.7 Å². The molecule has 16 heavy (non-hydrogen) atoms. The summed E-state index contributed by atoms with van der Waals surface area (Å²) >= 11 is 0. The summed E-state index contributed by atoms with van der Waals surface area (Å²) in [6.45, 7) is 2.09. The Bertz CT molecular complexity index is 256. The lowest BCUT2D eigenvalue weighted by Crippen LogP contribution is -2.36. The average molecular weight is 231 g/mol. The van der Waals surface area contributed by atoms with E-state index in [4.69, 9.17) is 14.6 Å². The second-order valence-corrected chi connectivity index (χ2v) is 3.75. The Balaban J connectivity index is 2.04. The summed E-state index contributed by atoms with van der Waals surface area (Å²) in [5, 5.41) is 10.9. The number of carboxylic acid groups (broad SMARTS) is 1. The smallest absolute Gasteiger partial charge is 0.329 e. The van der Waals surface area contributed by atoms with Crippen LogP contribution in [0, 0.1) is 0 Å². The first-order valence-corrected chi connectivity index (χ1v) is 5.32. The summed E-state index contributed by atoms with van der Waals surface area (Å²) in [6, 6.07) is 0. The van der Waals surface area contributed by atoms with Crippen LogP contribution < -0.4 is 5.32 Å². The predicted molar refractivity (Wildman–Crippen MR) is 55.0 cm³/mol. The van der Waals surface area contributed by atoms with E-state index >= 15 is 0 Å². The van der Waals surface area contributed by atoms with Gasteiger partial charge in [-0.15, -0.1) is 0 Å². The van der Waals surface area contributed by atoms with E-state index in [0.717, 1.165) is 12.8 Å². The van der Waals surface area contributed by atoms with Gasteiger partial charge in [-0.1, -0.05) is 0 Å². The van der Waals surface area contributed by atoms with Crippen molar-refractivity contribution in [3.8, 4) is 0 Å². The Morgan fingerprint density at radius 1 is 1.50 bits per heavy atom. The molecule has 0 aliphatic carbocycles. The Morgan fingerprint density at radius 3 is 2.81 bits per heavy atom. The van der Waals surface area contributed by atoms with Crippen LogP contribution >= 0.6 is 0 Å². The van der Waals surface area contributed by atoms with Crippen molar-refractivity contribution in [1.29, 1.82) is 0 Å². The Morgan fingerprint density at radius 2 is 2.25 bits per heavy atom. The molecule has 6 nitrogen and oxygen atoms in total. The van der Waals surface area contributed by atoms with Crippen LogP contribution in [0.5, 0.6) is 0 Å². The van der Waals surface area contributed by atoms with Crippen molar-refractivity contribution in [2.45, 2.75) is 32.0 Å². The van der Waals surface area contributed by atoms with Crippen molar-refractivity contribution < 1.29 is 24.2 Å². The van der Waals surface area contributed by atoms with Gasteiger partial charge < -0.3 is 19.9 Å². The van der Waals surface area contributed by atoms with E-state index < -0.39 is 5.97 Å². The first-order chi connectivity index (χ1) is 7.59. The van der Waals surface area contributed by atoms with Gasteiger partial charge in [0, 0.05) is 6.54 Å². The average Bonchev–Trinajstić information content (AvgIpc) is 2.63. The maximum atomic E-state index is 11.5. The normalized spacial score (nSPS) is 24.3. The maximum absolute atomic E-state index is 11.5. The first-order valence-electron chi connectivity index (χ1n) is 5.32. The highest BCUT2D eigenvalue weighted by atomic mass is 16.5. The number of carbonyl (C=O) groups is 2. The third kappa shape index (κ3) is 4.59. The highest BCUT2D eigenvalue weighted by Gasteiger charge is 2.27. The molecule has 0 bridgehead atoms. The highest BCUT2D eigenvalue weighted by molar-refractivity contribution is 5.80. The summed E-state index contributed by atoms with van der Waals surface area (Å²) in [4.78, 5) is 21.6. The molecule has 6 heteroatoms. The van der Waals surface area contributed by atoms with Gasteiger partial charge >= 0.3 is 5.97 Å². The molecule has 2 unspecified atom stereocenters. The minimum absolute atomic E-state index is 0.138. The molecule has 1 saturated heterocycles. The minimum Gasteiger partial charge on any atom is -0.480 e. The van der Waals surface area contributed by atoms with Crippen molar-refractivity contribution in [2.75, 3.05) is 19.8 Å². The van der Waals surface area contributed by atoms with Crippen LogP contribution in [0.3, 0.4) is 0 Å². The van der Waals surface area contributed by atoms with Crippen molar-refractivity contribution in [1.82, 2.24) is 5.32 Å². The summed E-state index contributed by atoms with van der Waals surface area (Å²) in [5.41, 5.74) is 0. The molecule has 92 valence electrons. The zero-order valence-electron chi connectivity index (χ0n) is 9.27. The molecule has 1 fully saturated rings. The van der Waals surface area contributed by atoms with E-state index in [1.165, 1.54) is 0 Å². The molecule has 2 N–H and O–H groups in total. The fourth-order valence-corrected chi connectivity index (χ4v) is 1.52. The third-order valence-electron chi connectivity index (χ3n) is 2.30. The summed E-state index contributed by atoms with van der Waals surface area (Å²) in [7, 11) is 0. The van der Waals surface area contributed by atoms with E-state index in [9.17, 15) is 9.59 Å². The van der Waals surface area contributed by atoms with E-state index in [1.54, 1.807) is 0 Å². The van der Waals surface area contributed by atoms with Crippen LogP contribution in [0.1, 0.15) is 19.8 Å². The lowest BCUT2D eigenvalue weighted by molar-refractivity contribution is -0.142. The SMILES string of the molecule is CC1CCC(C(=O)NCCOCC(=O)O)O1. The van der Waals surface area contributed by atoms with E-state index in [2.05, 4.69) is 5.32 Å². The molecule has 0 aromatic carbocycles. The molecule has 0 aromatic rings. The predicted octanol–water partition coefficient (Wildman–Crippen LogP) is -0.229. The molecule has 0 aromatic heterocycles. The maximum Gasteiger partial charge on any atom is 0.329 e. The summed E-state index contributed by atoms with van der Waals surface area (Å²) in [6.07, 6.45) is 1.41. The summed E-state index contributed by atoms with van der Waals surface area (Å²) in [5.74, 6) is -1.16. The summed E-state index contributed by atoms with van der Waals surface area (Å²) < 4.78 is 10.1. The van der Waals surface area contributed by atoms with E-state index in [-0.39, 0.29) is 31.3 Å². The van der Waals surface area contributed by atoms with Gasteiger partial charge in [0.15, 0.2) is 0 Å². The topological polar surface area (TPSA) is 84.9 Å². The largest absolute Gasteiger partial charge is 0.480 e. The number of carbonyl (C=O) groups excluding carboxylic acids is 1.